The monoisotopic (exact) mass is 390 g/mol. The third-order valence-corrected chi connectivity index (χ3v) is 5.19. The predicted molar refractivity (Wildman–Crippen MR) is 106 cm³/mol. The Morgan fingerprint density at radius 2 is 1.96 bits per heavy atom. The molecular weight excluding hydrogens is 360 g/mol. The number of urea groups is 1. The van der Waals surface area contributed by atoms with Crippen molar-refractivity contribution in [1.29, 1.82) is 0 Å². The van der Waals surface area contributed by atoms with Crippen LogP contribution in [0.15, 0.2) is 24.3 Å². The van der Waals surface area contributed by atoms with Gasteiger partial charge in [-0.15, -0.1) is 0 Å². The number of methoxy groups -OCH3 is 1. The molecule has 0 spiro atoms. The Balaban J connectivity index is 1.47. The quantitative estimate of drug-likeness (QED) is 0.808. The summed E-state index contributed by atoms with van der Waals surface area (Å²) in [6, 6.07) is 7.25. The normalized spacial score (nSPS) is 20.7. The molecule has 2 heterocycles. The van der Waals surface area contributed by atoms with Crippen molar-refractivity contribution in [1.82, 2.24) is 20.0 Å². The Bertz CT molecular complexity index is 676. The van der Waals surface area contributed by atoms with Gasteiger partial charge in [0, 0.05) is 57.9 Å². The summed E-state index contributed by atoms with van der Waals surface area (Å²) in [7, 11) is 1.60. The second-order valence-corrected chi connectivity index (χ2v) is 7.10. The van der Waals surface area contributed by atoms with Gasteiger partial charge in [-0.2, -0.15) is 0 Å². The number of piperazine rings is 1. The molecule has 0 bridgehead atoms. The number of nitrogens with zero attached hydrogens (tertiary/aromatic N) is 3. The van der Waals surface area contributed by atoms with Crippen molar-refractivity contribution in [2.75, 3.05) is 66.1 Å². The van der Waals surface area contributed by atoms with Crippen molar-refractivity contribution in [3.63, 3.8) is 0 Å². The molecule has 2 saturated heterocycles. The van der Waals surface area contributed by atoms with Crippen LogP contribution >= 0.6 is 0 Å². The van der Waals surface area contributed by atoms with Gasteiger partial charge in [-0.05, 0) is 25.1 Å². The number of nitrogens with one attached hydrogen (secondary N) is 1. The van der Waals surface area contributed by atoms with Crippen LogP contribution in [0.1, 0.15) is 17.3 Å². The number of ether oxygens (including phenoxy) is 2. The molecule has 3 rings (SSSR count). The van der Waals surface area contributed by atoms with E-state index >= 15 is 0 Å². The lowest BCUT2D eigenvalue weighted by molar-refractivity contribution is -0.0352. The minimum Gasteiger partial charge on any atom is -0.497 e. The van der Waals surface area contributed by atoms with Gasteiger partial charge in [-0.25, -0.2) is 4.79 Å². The first-order chi connectivity index (χ1) is 13.6. The molecule has 8 heteroatoms. The van der Waals surface area contributed by atoms with E-state index in [-0.39, 0.29) is 18.0 Å². The molecule has 2 fully saturated rings. The van der Waals surface area contributed by atoms with Crippen molar-refractivity contribution >= 4 is 11.9 Å². The minimum atomic E-state index is -0.0236. The summed E-state index contributed by atoms with van der Waals surface area (Å²) in [5, 5.41) is 2.85. The maximum atomic E-state index is 12.7. The van der Waals surface area contributed by atoms with Crippen LogP contribution < -0.4 is 10.1 Å². The molecule has 8 nitrogen and oxygen atoms in total. The Morgan fingerprint density at radius 3 is 2.68 bits per heavy atom. The number of morpholine rings is 1. The highest BCUT2D eigenvalue weighted by atomic mass is 16.5. The summed E-state index contributed by atoms with van der Waals surface area (Å²) >= 11 is 0. The summed E-state index contributed by atoms with van der Waals surface area (Å²) < 4.78 is 11.1. The molecule has 2 aliphatic heterocycles. The Morgan fingerprint density at radius 1 is 1.18 bits per heavy atom. The topological polar surface area (TPSA) is 74.4 Å². The van der Waals surface area contributed by atoms with Crippen molar-refractivity contribution in [2.45, 2.75) is 13.0 Å². The third-order valence-electron chi connectivity index (χ3n) is 5.19. The maximum Gasteiger partial charge on any atom is 0.317 e. The summed E-state index contributed by atoms with van der Waals surface area (Å²) in [6.45, 7) is 8.10. The number of carbonyl (C=O) groups is 2. The van der Waals surface area contributed by atoms with Crippen molar-refractivity contribution in [3.05, 3.63) is 29.8 Å². The summed E-state index contributed by atoms with van der Waals surface area (Å²) in [4.78, 5) is 30.8. The molecule has 28 heavy (non-hydrogen) atoms. The number of hydrogen-bond acceptors (Lipinski definition) is 5. The molecule has 1 N–H and O–H groups in total. The van der Waals surface area contributed by atoms with Gasteiger partial charge in [0.15, 0.2) is 0 Å². The fourth-order valence-corrected chi connectivity index (χ4v) is 3.64. The fourth-order valence-electron chi connectivity index (χ4n) is 3.64. The number of carbonyl (C=O) groups excluding carboxylic acids is 2. The smallest absolute Gasteiger partial charge is 0.317 e. The second-order valence-electron chi connectivity index (χ2n) is 7.10. The van der Waals surface area contributed by atoms with Gasteiger partial charge in [0.1, 0.15) is 5.75 Å². The summed E-state index contributed by atoms with van der Waals surface area (Å²) in [6.07, 6.45) is 0.0111. The number of amides is 3. The molecule has 1 aromatic carbocycles. The molecule has 1 aromatic rings. The highest BCUT2D eigenvalue weighted by Crippen LogP contribution is 2.16. The highest BCUT2D eigenvalue weighted by molar-refractivity contribution is 5.94. The van der Waals surface area contributed by atoms with Crippen LogP contribution in [-0.2, 0) is 4.74 Å². The molecule has 0 radical (unpaired) electrons. The van der Waals surface area contributed by atoms with Gasteiger partial charge in [-0.1, -0.05) is 6.07 Å². The minimum absolute atomic E-state index is 0.0111. The Hall–Kier alpha value is -2.32. The first kappa shape index (κ1) is 20.4. The molecule has 0 saturated carbocycles. The van der Waals surface area contributed by atoms with E-state index in [2.05, 4.69) is 10.2 Å². The number of hydrogen-bond donors (Lipinski definition) is 1. The zero-order valence-corrected chi connectivity index (χ0v) is 16.7. The molecule has 0 aromatic heterocycles. The van der Waals surface area contributed by atoms with E-state index in [0.29, 0.717) is 50.6 Å². The van der Waals surface area contributed by atoms with E-state index in [1.165, 1.54) is 0 Å². The van der Waals surface area contributed by atoms with E-state index in [0.717, 1.165) is 19.6 Å². The lowest BCUT2D eigenvalue weighted by Crippen LogP contribution is -2.55. The van der Waals surface area contributed by atoms with Gasteiger partial charge in [-0.3, -0.25) is 9.69 Å². The predicted octanol–water partition coefficient (Wildman–Crippen LogP) is 0.883. The molecule has 1 atom stereocenters. The lowest BCUT2D eigenvalue weighted by atomic mass is 10.1. The van der Waals surface area contributed by atoms with Gasteiger partial charge in [0.05, 0.1) is 19.8 Å². The van der Waals surface area contributed by atoms with Crippen LogP contribution in [0.4, 0.5) is 4.79 Å². The highest BCUT2D eigenvalue weighted by Gasteiger charge is 2.28. The SMILES string of the molecule is CCNC(=O)N1CCOC(CN2CCN(C(=O)c3cccc(OC)c3)CC2)C1. The van der Waals surface area contributed by atoms with Crippen molar-refractivity contribution < 1.29 is 19.1 Å². The molecule has 154 valence electrons. The lowest BCUT2D eigenvalue weighted by Gasteiger charge is -2.39. The van der Waals surface area contributed by atoms with Crippen LogP contribution in [0.5, 0.6) is 5.75 Å². The van der Waals surface area contributed by atoms with Gasteiger partial charge < -0.3 is 24.6 Å². The van der Waals surface area contributed by atoms with Crippen LogP contribution in [0.2, 0.25) is 0 Å². The van der Waals surface area contributed by atoms with E-state index in [9.17, 15) is 9.59 Å². The number of rotatable bonds is 5. The average Bonchev–Trinajstić information content (AvgIpc) is 2.74. The molecule has 0 aliphatic carbocycles. The van der Waals surface area contributed by atoms with E-state index in [1.807, 2.05) is 34.9 Å². The van der Waals surface area contributed by atoms with Crippen molar-refractivity contribution in [2.24, 2.45) is 0 Å². The Labute approximate surface area is 166 Å². The molecule has 1 unspecified atom stereocenters. The zero-order chi connectivity index (χ0) is 19.9. The first-order valence-electron chi connectivity index (χ1n) is 9.90. The third kappa shape index (κ3) is 5.14. The zero-order valence-electron chi connectivity index (χ0n) is 16.7. The number of benzene rings is 1. The van der Waals surface area contributed by atoms with Crippen LogP contribution in [0.3, 0.4) is 0 Å². The van der Waals surface area contributed by atoms with Crippen molar-refractivity contribution in [3.8, 4) is 5.75 Å². The van der Waals surface area contributed by atoms with Crippen LogP contribution in [0.25, 0.3) is 0 Å². The second kappa shape index (κ2) is 9.75. The van der Waals surface area contributed by atoms with Gasteiger partial charge in [0.2, 0.25) is 0 Å². The van der Waals surface area contributed by atoms with Gasteiger partial charge in [0.25, 0.3) is 5.91 Å². The average molecular weight is 390 g/mol. The van der Waals surface area contributed by atoms with Crippen LogP contribution in [0, 0.1) is 0 Å². The summed E-state index contributed by atoms with van der Waals surface area (Å²) in [5.74, 6) is 0.727. The van der Waals surface area contributed by atoms with E-state index in [1.54, 1.807) is 13.2 Å². The molecule has 2 aliphatic rings. The maximum absolute atomic E-state index is 12.7. The largest absolute Gasteiger partial charge is 0.497 e. The Kier molecular flexibility index (Phi) is 7.11. The summed E-state index contributed by atoms with van der Waals surface area (Å²) in [5.41, 5.74) is 0.654. The molecular formula is C20H30N4O4. The van der Waals surface area contributed by atoms with Crippen LogP contribution in [-0.4, -0.2) is 98.8 Å². The fraction of sp³-hybridized carbons (Fsp3) is 0.600. The molecule has 3 amide bonds. The first-order valence-corrected chi connectivity index (χ1v) is 9.90. The standard InChI is InChI=1S/C20H30N4O4/c1-3-21-20(26)24-11-12-28-18(15-24)14-22-7-9-23(10-8-22)19(25)16-5-4-6-17(13-16)27-2/h4-6,13,18H,3,7-12,14-15H2,1-2H3,(H,21,26). The van der Waals surface area contributed by atoms with E-state index < -0.39 is 0 Å². The van der Waals surface area contributed by atoms with Gasteiger partial charge >= 0.3 is 6.03 Å². The van der Waals surface area contributed by atoms with E-state index in [4.69, 9.17) is 9.47 Å².